The second-order valence-electron chi connectivity index (χ2n) is 2.32. The molecule has 0 aliphatic heterocycles. The lowest BCUT2D eigenvalue weighted by atomic mass is 10.7. The van der Waals surface area contributed by atoms with E-state index in [0.29, 0.717) is 0 Å². The van der Waals surface area contributed by atoms with Gasteiger partial charge in [0.05, 0.1) is 0 Å². The highest BCUT2D eigenvalue weighted by molar-refractivity contribution is 4.52. The van der Waals surface area contributed by atoms with Gasteiger partial charge in [-0.05, 0) is 0 Å². The van der Waals surface area contributed by atoms with Gasteiger partial charge in [-0.15, -0.1) is 0 Å². The van der Waals surface area contributed by atoms with E-state index in [1.165, 1.54) is 19.3 Å². The zero-order chi connectivity index (χ0) is 10.5. The van der Waals surface area contributed by atoms with E-state index in [4.69, 9.17) is 0 Å². The van der Waals surface area contributed by atoms with E-state index < -0.39 is 19.1 Å². The molecule has 1 aliphatic carbocycles. The lowest BCUT2D eigenvalue weighted by molar-refractivity contribution is -0.312. The normalized spacial score (nSPS) is 17.8. The number of alkyl halides is 6. The van der Waals surface area contributed by atoms with Gasteiger partial charge >= 0.3 is 12.8 Å². The van der Waals surface area contributed by atoms with E-state index in [1.54, 1.807) is 0 Å². The molecule has 7 heteroatoms. The third-order valence-electron chi connectivity index (χ3n) is 0.833. The van der Waals surface area contributed by atoms with Gasteiger partial charge in [0.1, 0.15) is 0 Å². The van der Waals surface area contributed by atoms with Crippen LogP contribution in [0.4, 0.5) is 26.3 Å². The second kappa shape index (κ2) is 5.31. The van der Waals surface area contributed by atoms with Crippen molar-refractivity contribution in [3.8, 4) is 0 Å². The fourth-order valence-electron chi connectivity index (χ4n) is 0.167. The maximum absolute atomic E-state index is 11.3. The number of rotatable bonds is 2. The molecule has 1 rings (SSSR count). The van der Waals surface area contributed by atoms with Gasteiger partial charge < -0.3 is 0 Å². The van der Waals surface area contributed by atoms with E-state index in [-0.39, 0.29) is 0 Å². The average Bonchev–Trinajstić information content (AvgIpc) is 2.66. The van der Waals surface area contributed by atoms with Crippen LogP contribution >= 0.6 is 0 Å². The van der Waals surface area contributed by atoms with Crippen molar-refractivity contribution in [2.24, 2.45) is 0 Å². The summed E-state index contributed by atoms with van der Waals surface area (Å²) in [6.07, 6.45) is -4.79. The van der Waals surface area contributed by atoms with Crippen molar-refractivity contribution in [3.05, 3.63) is 0 Å². The summed E-state index contributed by atoms with van der Waals surface area (Å²) in [6, 6.07) is 0. The van der Waals surface area contributed by atoms with Crippen LogP contribution in [-0.2, 0) is 4.74 Å². The highest BCUT2D eigenvalue weighted by atomic mass is 19.4. The molecule has 1 aliphatic rings. The van der Waals surface area contributed by atoms with E-state index >= 15 is 0 Å². The van der Waals surface area contributed by atoms with Gasteiger partial charge in [0.15, 0.2) is 0 Å². The average molecular weight is 210 g/mol. The minimum atomic E-state index is -5.38. The molecule has 0 aromatic heterocycles. The molecule has 0 aromatic rings. The molecule has 0 heterocycles. The highest BCUT2D eigenvalue weighted by Crippen LogP contribution is 2.25. The summed E-state index contributed by atoms with van der Waals surface area (Å²) in [5.74, 6) is 0. The molecule has 1 saturated carbocycles. The molecule has 1 atom stereocenters. The monoisotopic (exact) mass is 210 g/mol. The number of halogens is 6. The summed E-state index contributed by atoms with van der Waals surface area (Å²) < 4.78 is 68.5. The largest absolute Gasteiger partial charge is 0.445 e. The molecule has 1 unspecified atom stereocenters. The van der Waals surface area contributed by atoms with Gasteiger partial charge in [0.25, 0.3) is 6.36 Å². The van der Waals surface area contributed by atoms with Gasteiger partial charge in [-0.2, -0.15) is 22.0 Å². The van der Waals surface area contributed by atoms with Crippen molar-refractivity contribution < 1.29 is 31.1 Å². The van der Waals surface area contributed by atoms with Crippen LogP contribution in [-0.4, -0.2) is 19.1 Å². The van der Waals surface area contributed by atoms with E-state index in [1.807, 2.05) is 0 Å². The molecule has 0 saturated heterocycles. The Balaban J connectivity index is 0.000000396. The van der Waals surface area contributed by atoms with Crippen molar-refractivity contribution in [1.29, 1.82) is 0 Å². The predicted octanol–water partition coefficient (Wildman–Crippen LogP) is 3.25. The SMILES string of the molecule is C1CC1.FC(F)OC(F)C(F)(F)F. The van der Waals surface area contributed by atoms with Crippen LogP contribution in [0.2, 0.25) is 0 Å². The van der Waals surface area contributed by atoms with Crippen LogP contribution < -0.4 is 0 Å². The number of ether oxygens (including phenoxy) is 1. The van der Waals surface area contributed by atoms with Crippen molar-refractivity contribution in [1.82, 2.24) is 0 Å². The zero-order valence-corrected chi connectivity index (χ0v) is 6.45. The molecule has 0 amide bonds. The van der Waals surface area contributed by atoms with E-state index in [0.717, 1.165) is 0 Å². The molecule has 80 valence electrons. The predicted molar refractivity (Wildman–Crippen MR) is 31.9 cm³/mol. The molecule has 0 N–H and O–H groups in total. The van der Waals surface area contributed by atoms with E-state index in [2.05, 4.69) is 4.74 Å². The van der Waals surface area contributed by atoms with Crippen molar-refractivity contribution in [2.75, 3.05) is 0 Å². The van der Waals surface area contributed by atoms with Crippen LogP contribution in [0.15, 0.2) is 0 Å². The Morgan fingerprint density at radius 2 is 1.31 bits per heavy atom. The fourth-order valence-corrected chi connectivity index (χ4v) is 0.167. The molecular weight excluding hydrogens is 202 g/mol. The number of hydrogen-bond donors (Lipinski definition) is 0. The molecule has 0 bridgehead atoms. The first-order valence-corrected chi connectivity index (χ1v) is 3.48. The Bertz CT molecular complexity index is 129. The Kier molecular flexibility index (Phi) is 5.12. The van der Waals surface area contributed by atoms with Gasteiger partial charge in [-0.25, -0.2) is 4.39 Å². The van der Waals surface area contributed by atoms with Gasteiger partial charge in [-0.1, -0.05) is 19.3 Å². The second-order valence-corrected chi connectivity index (χ2v) is 2.32. The topological polar surface area (TPSA) is 9.23 Å². The standard InChI is InChI=1S/C3H2F6O.C3H6/c4-1(3(7,8)9)10-2(5)6;1-2-3-1/h1-2H;1-3H2. The van der Waals surface area contributed by atoms with E-state index in [9.17, 15) is 26.3 Å². The Hall–Kier alpha value is -0.460. The highest BCUT2D eigenvalue weighted by Gasteiger charge is 2.43. The van der Waals surface area contributed by atoms with Crippen LogP contribution in [0.25, 0.3) is 0 Å². The summed E-state index contributed by atoms with van der Waals surface area (Å²) in [6.45, 7) is -3.75. The van der Waals surface area contributed by atoms with Gasteiger partial charge in [-0.3, -0.25) is 4.74 Å². The molecule has 1 fully saturated rings. The maximum Gasteiger partial charge on any atom is 0.445 e. The summed E-state index contributed by atoms with van der Waals surface area (Å²) in [5.41, 5.74) is 0. The first-order valence-electron chi connectivity index (χ1n) is 3.48. The summed E-state index contributed by atoms with van der Waals surface area (Å²) in [4.78, 5) is 0. The van der Waals surface area contributed by atoms with Crippen LogP contribution in [0.1, 0.15) is 19.3 Å². The molecule has 0 aromatic carbocycles. The summed E-state index contributed by atoms with van der Waals surface area (Å²) >= 11 is 0. The lowest BCUT2D eigenvalue weighted by Gasteiger charge is -2.11. The quantitative estimate of drug-likeness (QED) is 0.635. The maximum atomic E-state index is 11.3. The third kappa shape index (κ3) is 9.45. The van der Waals surface area contributed by atoms with Crippen molar-refractivity contribution in [3.63, 3.8) is 0 Å². The minimum Gasteiger partial charge on any atom is -0.279 e. The van der Waals surface area contributed by atoms with Gasteiger partial charge in [0.2, 0.25) is 0 Å². The Morgan fingerprint density at radius 3 is 1.38 bits per heavy atom. The Labute approximate surface area is 70.7 Å². The molecule has 13 heavy (non-hydrogen) atoms. The first kappa shape index (κ1) is 12.5. The molecule has 1 nitrogen and oxygen atoms in total. The third-order valence-corrected chi connectivity index (χ3v) is 0.833. The van der Waals surface area contributed by atoms with Crippen LogP contribution in [0, 0.1) is 0 Å². The van der Waals surface area contributed by atoms with Gasteiger partial charge in [0, 0.05) is 0 Å². The molecule has 0 spiro atoms. The minimum absolute atomic E-state index is 1.50. The smallest absolute Gasteiger partial charge is 0.279 e. The first-order chi connectivity index (χ1) is 5.84. The van der Waals surface area contributed by atoms with Crippen molar-refractivity contribution in [2.45, 2.75) is 38.4 Å². The molecule has 0 radical (unpaired) electrons. The summed E-state index contributed by atoms with van der Waals surface area (Å²) in [5, 5.41) is 0. The summed E-state index contributed by atoms with van der Waals surface area (Å²) in [7, 11) is 0. The lowest BCUT2D eigenvalue weighted by Crippen LogP contribution is -2.28. The van der Waals surface area contributed by atoms with Crippen LogP contribution in [0.5, 0.6) is 0 Å². The number of hydrogen-bond acceptors (Lipinski definition) is 1. The fraction of sp³-hybridized carbons (Fsp3) is 1.00. The van der Waals surface area contributed by atoms with Crippen LogP contribution in [0.3, 0.4) is 0 Å². The molecular formula is C6H8F6O. The Morgan fingerprint density at radius 1 is 0.923 bits per heavy atom. The van der Waals surface area contributed by atoms with Crippen molar-refractivity contribution >= 4 is 0 Å². The zero-order valence-electron chi connectivity index (χ0n) is 6.45.